The van der Waals surface area contributed by atoms with Crippen LogP contribution in [0.25, 0.3) is 22.3 Å². The molecule has 0 amide bonds. The Bertz CT molecular complexity index is 2320. The van der Waals surface area contributed by atoms with Crippen molar-refractivity contribution in [1.82, 2.24) is 0 Å². The zero-order chi connectivity index (χ0) is 41.2. The van der Waals surface area contributed by atoms with Gasteiger partial charge in [-0.25, -0.2) is 14.0 Å². The molecule has 0 fully saturated rings. The van der Waals surface area contributed by atoms with Crippen LogP contribution < -0.4 is 4.74 Å². The molecule has 57 heavy (non-hydrogen) atoms. The number of halogens is 3. The average Bonchev–Trinajstić information content (AvgIpc) is 3.23. The summed E-state index contributed by atoms with van der Waals surface area (Å²) in [5.41, 5.74) is 4.47. The van der Waals surface area contributed by atoms with E-state index < -0.39 is 17.8 Å². The molecular formula is C44H38Cl2FN2O8+. The molecule has 6 aromatic carbocycles. The van der Waals surface area contributed by atoms with Crippen LogP contribution in [0.4, 0.5) is 4.39 Å². The normalized spacial score (nSPS) is 10.8. The molecule has 292 valence electrons. The van der Waals surface area contributed by atoms with Crippen LogP contribution in [-0.2, 0) is 28.7 Å². The van der Waals surface area contributed by atoms with Crippen molar-refractivity contribution in [3.8, 4) is 39.5 Å². The van der Waals surface area contributed by atoms with Gasteiger partial charge in [0.2, 0.25) is 0 Å². The van der Waals surface area contributed by atoms with Crippen LogP contribution in [0.15, 0.2) is 156 Å². The number of para-hydroxylation sites is 1. The molecule has 6 rings (SSSR count). The Morgan fingerprint density at radius 3 is 1.53 bits per heavy atom. The fourth-order valence-corrected chi connectivity index (χ4v) is 5.27. The van der Waals surface area contributed by atoms with Crippen molar-refractivity contribution >= 4 is 46.6 Å². The average molecular weight is 813 g/mol. The third-order valence-electron chi connectivity index (χ3n) is 7.67. The summed E-state index contributed by atoms with van der Waals surface area (Å²) < 4.78 is 28.6. The second kappa shape index (κ2) is 22.0. The zero-order valence-electron chi connectivity index (χ0n) is 31.2. The predicted molar refractivity (Wildman–Crippen MR) is 221 cm³/mol. The van der Waals surface area contributed by atoms with Gasteiger partial charge in [-0.15, -0.1) is 0 Å². The molecule has 0 spiro atoms. The van der Waals surface area contributed by atoms with Gasteiger partial charge in [-0.3, -0.25) is 0 Å². The monoisotopic (exact) mass is 811 g/mol. The summed E-state index contributed by atoms with van der Waals surface area (Å²) >= 11 is 11.8. The third kappa shape index (κ3) is 12.7. The summed E-state index contributed by atoms with van der Waals surface area (Å²) in [7, 11) is 5.10. The molecular weight excluding hydrogens is 774 g/mol. The van der Waals surface area contributed by atoms with E-state index in [-0.39, 0.29) is 17.0 Å². The molecule has 13 heteroatoms. The quantitative estimate of drug-likeness (QED) is 0.0583. The topological polar surface area (TPSA) is 128 Å². The van der Waals surface area contributed by atoms with Crippen molar-refractivity contribution < 1.29 is 43.0 Å². The third-order valence-corrected chi connectivity index (χ3v) is 8.18. The van der Waals surface area contributed by atoms with Crippen LogP contribution in [0.3, 0.4) is 0 Å². The minimum Gasteiger partial charge on any atom is -0.593 e. The Balaban J connectivity index is 0.000000209. The van der Waals surface area contributed by atoms with Gasteiger partial charge in [0.05, 0.1) is 19.8 Å². The minimum atomic E-state index is -0.748. The summed E-state index contributed by atoms with van der Waals surface area (Å²) in [4.78, 5) is 32.6. The number of esters is 2. The number of nitrogens with zero attached hydrogens (tertiary/aromatic N) is 2. The van der Waals surface area contributed by atoms with Crippen LogP contribution >= 0.6 is 23.2 Å². The first-order valence-corrected chi connectivity index (χ1v) is 17.7. The van der Waals surface area contributed by atoms with Crippen molar-refractivity contribution in [3.63, 3.8) is 0 Å². The second-order valence-corrected chi connectivity index (χ2v) is 12.3. The lowest BCUT2D eigenvalue weighted by atomic mass is 10.1. The largest absolute Gasteiger partial charge is 0.593 e. The van der Waals surface area contributed by atoms with Gasteiger partial charge in [-0.05, 0) is 82.9 Å². The highest BCUT2D eigenvalue weighted by Crippen LogP contribution is 2.31. The lowest BCUT2D eigenvalue weighted by Crippen LogP contribution is -2.18. The highest BCUT2D eigenvalue weighted by molar-refractivity contribution is 6.44. The molecule has 2 N–H and O–H groups in total. The molecule has 0 saturated carbocycles. The maximum atomic E-state index is 13.3. The number of oxime groups is 2. The van der Waals surface area contributed by atoms with E-state index in [2.05, 4.69) is 19.9 Å². The van der Waals surface area contributed by atoms with Gasteiger partial charge in [0.1, 0.15) is 31.5 Å². The lowest BCUT2D eigenvalue weighted by molar-refractivity contribution is -0.133. The molecule has 0 radical (unpaired) electrons. The van der Waals surface area contributed by atoms with Crippen molar-refractivity contribution in [2.75, 3.05) is 28.4 Å². The van der Waals surface area contributed by atoms with Crippen LogP contribution in [0, 0.1) is 5.82 Å². The number of rotatable bonds is 10. The first kappa shape index (κ1) is 43.0. The maximum Gasteiger partial charge on any atom is 0.360 e. The summed E-state index contributed by atoms with van der Waals surface area (Å²) in [5, 5.41) is 16.1. The molecule has 0 aliphatic heterocycles. The Morgan fingerprint density at radius 1 is 0.544 bits per heavy atom. The molecule has 0 heterocycles. The van der Waals surface area contributed by atoms with Gasteiger partial charge in [0.25, 0.3) is 5.75 Å². The summed E-state index contributed by atoms with van der Waals surface area (Å²) in [6, 6.07) is 43.1. The van der Waals surface area contributed by atoms with Gasteiger partial charge in [-0.1, -0.05) is 106 Å². The smallest absolute Gasteiger partial charge is 0.360 e. The highest BCUT2D eigenvalue weighted by Gasteiger charge is 2.21. The number of methoxy groups -OCH3 is 2. The molecule has 0 aliphatic carbocycles. The van der Waals surface area contributed by atoms with E-state index in [0.717, 1.165) is 27.3 Å². The van der Waals surface area contributed by atoms with Crippen LogP contribution in [0.2, 0.25) is 10.0 Å². The van der Waals surface area contributed by atoms with E-state index in [1.165, 1.54) is 46.6 Å². The molecule has 10 nitrogen and oxygen atoms in total. The van der Waals surface area contributed by atoms with E-state index in [9.17, 15) is 14.0 Å². The van der Waals surface area contributed by atoms with Crippen molar-refractivity contribution in [2.45, 2.75) is 0 Å². The molecule has 0 atom stereocenters. The fraction of sp³-hybridized carbons (Fsp3) is 0.0909. The number of ether oxygens (including phenoxy) is 3. The van der Waals surface area contributed by atoms with E-state index >= 15 is 0 Å². The van der Waals surface area contributed by atoms with Crippen molar-refractivity contribution in [3.05, 3.63) is 173 Å². The standard InChI is InChI=1S/C22H18ClNO4.C12H9ClO.C10H10FNO3/c1-26-22(25)21(24-27-2)19-8-3-4-9-20(19)28-18-7-5-6-16(14-18)15-10-12-17(23)13-11-15;13-11-6-4-9(5-7-11)10-2-1-3-12(14)8-10;1-14-10(13)9(12-15-2)7-5-3-4-6-8(7)11/h3-14H,1-2H3;1-8,14H;3-6H,1-2H3/p+1/b24-21+;;12-9+. The van der Waals surface area contributed by atoms with E-state index in [1.807, 2.05) is 97.1 Å². The van der Waals surface area contributed by atoms with E-state index in [1.54, 1.807) is 30.3 Å². The molecule has 0 aliphatic rings. The number of carbonyl (C=O) groups is 2. The lowest BCUT2D eigenvalue weighted by Gasteiger charge is -2.12. The number of carbonyl (C=O) groups excluding carboxylic acids is 2. The van der Waals surface area contributed by atoms with Gasteiger partial charge in [0.15, 0.2) is 11.4 Å². The van der Waals surface area contributed by atoms with Crippen molar-refractivity contribution in [2.24, 2.45) is 10.3 Å². The van der Waals surface area contributed by atoms with Gasteiger partial charge in [0, 0.05) is 27.7 Å². The summed E-state index contributed by atoms with van der Waals surface area (Å²) in [5.74, 6) is -0.329. The highest BCUT2D eigenvalue weighted by atomic mass is 35.5. The van der Waals surface area contributed by atoms with Gasteiger partial charge in [-0.2, -0.15) is 0 Å². The summed E-state index contributed by atoms with van der Waals surface area (Å²) in [6.07, 6.45) is 0. The molecule has 0 bridgehead atoms. The SMILES string of the molecule is CO/N=C(/C(=O)OC)c1ccccc1F.CO/N=C(/C(=O)OC)c1ccccc1Oc1cccc(-c2ccc(Cl)cc2)c1.[OH2+]c1cccc(-c2ccc(Cl)cc2)c1. The first-order valence-electron chi connectivity index (χ1n) is 16.9. The first-order chi connectivity index (χ1) is 27.6. The molecule has 0 saturated heterocycles. The van der Waals surface area contributed by atoms with E-state index in [0.29, 0.717) is 27.8 Å². The molecule has 6 aromatic rings. The second-order valence-electron chi connectivity index (χ2n) is 11.4. The Labute approximate surface area is 339 Å². The van der Waals surface area contributed by atoms with Crippen molar-refractivity contribution in [1.29, 1.82) is 0 Å². The Hall–Kier alpha value is -6.69. The molecule has 0 aromatic heterocycles. The Kier molecular flexibility index (Phi) is 16.6. The summed E-state index contributed by atoms with van der Waals surface area (Å²) in [6.45, 7) is 0. The predicted octanol–water partition coefficient (Wildman–Crippen LogP) is 10.1. The van der Waals surface area contributed by atoms with Gasteiger partial charge < -0.3 is 29.0 Å². The van der Waals surface area contributed by atoms with Crippen LogP contribution in [0.1, 0.15) is 11.1 Å². The van der Waals surface area contributed by atoms with Gasteiger partial charge >= 0.3 is 11.9 Å². The number of hydrogen-bond donors (Lipinski definition) is 0. The van der Waals surface area contributed by atoms with E-state index in [4.69, 9.17) is 42.6 Å². The minimum absolute atomic E-state index is 0.0226. The zero-order valence-corrected chi connectivity index (χ0v) is 32.8. The number of hydrogen-bond acceptors (Lipinski definition) is 9. The Morgan fingerprint density at radius 2 is 1.02 bits per heavy atom. The molecule has 0 unspecified atom stereocenters. The fourth-order valence-electron chi connectivity index (χ4n) is 5.02. The van der Waals surface area contributed by atoms with Crippen LogP contribution in [0.5, 0.6) is 17.2 Å². The number of benzene rings is 6. The van der Waals surface area contributed by atoms with Crippen LogP contribution in [-0.4, -0.2) is 56.9 Å². The maximum absolute atomic E-state index is 13.3.